The van der Waals surface area contributed by atoms with Gasteiger partial charge in [0.05, 0.1) is 11.4 Å². The smallest absolute Gasteiger partial charge is 0.0543 e. The van der Waals surface area contributed by atoms with E-state index in [-0.39, 0.29) is 10.8 Å². The molecule has 0 amide bonds. The summed E-state index contributed by atoms with van der Waals surface area (Å²) < 4.78 is 2.64. The molecule has 56 heavy (non-hydrogen) atoms. The highest BCUT2D eigenvalue weighted by Crippen LogP contribution is 2.56. The van der Waals surface area contributed by atoms with E-state index in [1.807, 2.05) is 11.3 Å². The number of benzene rings is 8. The zero-order chi connectivity index (χ0) is 37.8. The van der Waals surface area contributed by atoms with E-state index < -0.39 is 0 Å². The fraction of sp³-hybridized carbons (Fsp3) is 0.111. The number of hydrogen-bond donors (Lipinski definition) is 0. The molecule has 2 aliphatic rings. The van der Waals surface area contributed by atoms with Crippen LogP contribution in [0.1, 0.15) is 49.9 Å². The van der Waals surface area contributed by atoms with Crippen molar-refractivity contribution in [3.05, 3.63) is 198 Å². The van der Waals surface area contributed by atoms with Crippen molar-refractivity contribution in [2.75, 3.05) is 4.90 Å². The molecule has 0 N–H and O–H groups in total. The van der Waals surface area contributed by atoms with Crippen LogP contribution in [0, 0.1) is 0 Å². The minimum absolute atomic E-state index is 0.0653. The Kier molecular flexibility index (Phi) is 7.18. The number of hydrogen-bond acceptors (Lipinski definition) is 2. The summed E-state index contributed by atoms with van der Waals surface area (Å²) in [6, 6.07) is 65.8. The van der Waals surface area contributed by atoms with Gasteiger partial charge in [0, 0.05) is 47.8 Å². The van der Waals surface area contributed by atoms with Crippen LogP contribution >= 0.6 is 11.3 Å². The lowest BCUT2D eigenvalue weighted by Crippen LogP contribution is -2.16. The fourth-order valence-corrected chi connectivity index (χ4v) is 11.0. The molecule has 268 valence electrons. The molecular weight excluding hydrogens is 695 g/mol. The largest absolute Gasteiger partial charge is 0.309 e. The van der Waals surface area contributed by atoms with Gasteiger partial charge in [-0.25, -0.2) is 0 Å². The Morgan fingerprint density at radius 1 is 0.375 bits per heavy atom. The molecule has 9 aromatic rings. The normalized spacial score (nSPS) is 14.4. The van der Waals surface area contributed by atoms with Crippen molar-refractivity contribution in [1.82, 2.24) is 0 Å². The fourth-order valence-electron chi connectivity index (χ4n) is 9.94. The minimum atomic E-state index is -0.120. The molecule has 0 atom stereocenters. The van der Waals surface area contributed by atoms with Crippen LogP contribution in [-0.2, 0) is 10.8 Å². The van der Waals surface area contributed by atoms with Crippen molar-refractivity contribution in [3.63, 3.8) is 0 Å². The average Bonchev–Trinajstić information content (AvgIpc) is 3.81. The molecule has 2 aliphatic carbocycles. The summed E-state index contributed by atoms with van der Waals surface area (Å²) in [5.41, 5.74) is 19.0. The standard InChI is InChI=1S/C54H41NS/c1-53(2)43-23-9-5-20-40(43)51-38(22-14-25-45(51)53)34-16-13-17-36(32-34)55(48-28-15-26-46-52(48)41-21-6-10-24-44(41)54(46,3)4)47-27-11-7-18-37(47)35-30-31-50-42(33-35)39-19-8-12-29-49(39)56-50/h5-33H,1-4H3. The molecule has 0 unspecified atom stereocenters. The van der Waals surface area contributed by atoms with E-state index in [2.05, 4.69) is 209 Å². The lowest BCUT2D eigenvalue weighted by Gasteiger charge is -2.31. The maximum atomic E-state index is 2.53. The third-order valence-electron chi connectivity index (χ3n) is 12.7. The van der Waals surface area contributed by atoms with Gasteiger partial charge in [0.15, 0.2) is 0 Å². The van der Waals surface area contributed by atoms with E-state index >= 15 is 0 Å². The van der Waals surface area contributed by atoms with E-state index in [9.17, 15) is 0 Å². The van der Waals surface area contributed by atoms with Gasteiger partial charge >= 0.3 is 0 Å². The maximum Gasteiger partial charge on any atom is 0.0543 e. The van der Waals surface area contributed by atoms with E-state index in [4.69, 9.17) is 0 Å². The number of para-hydroxylation sites is 1. The zero-order valence-electron chi connectivity index (χ0n) is 32.1. The Morgan fingerprint density at radius 2 is 0.911 bits per heavy atom. The highest BCUT2D eigenvalue weighted by Gasteiger charge is 2.39. The SMILES string of the molecule is CC1(C)c2ccccc2-c2c(-c3cccc(N(c4ccccc4-c4ccc5sc6ccccc6c5c4)c4cccc5c4-c4ccccc4C5(C)C)c3)cccc21. The van der Waals surface area contributed by atoms with Crippen molar-refractivity contribution < 1.29 is 0 Å². The molecule has 11 rings (SSSR count). The molecule has 8 aromatic carbocycles. The second-order valence-electron chi connectivity index (χ2n) is 16.5. The van der Waals surface area contributed by atoms with Crippen molar-refractivity contribution in [2.24, 2.45) is 0 Å². The summed E-state index contributed by atoms with van der Waals surface area (Å²) in [4.78, 5) is 2.53. The van der Waals surface area contributed by atoms with Gasteiger partial charge in [-0.05, 0) is 98.1 Å². The Labute approximate surface area is 333 Å². The highest BCUT2D eigenvalue weighted by atomic mass is 32.1. The molecular formula is C54H41NS. The van der Waals surface area contributed by atoms with Crippen molar-refractivity contribution in [1.29, 1.82) is 0 Å². The molecule has 0 aliphatic heterocycles. The summed E-state index contributed by atoms with van der Waals surface area (Å²) in [7, 11) is 0. The van der Waals surface area contributed by atoms with Crippen LogP contribution in [-0.4, -0.2) is 0 Å². The summed E-state index contributed by atoms with van der Waals surface area (Å²) in [5, 5.41) is 2.63. The molecule has 0 spiro atoms. The minimum Gasteiger partial charge on any atom is -0.309 e. The van der Waals surface area contributed by atoms with Crippen molar-refractivity contribution >= 4 is 48.6 Å². The molecule has 0 saturated heterocycles. The van der Waals surface area contributed by atoms with Gasteiger partial charge in [0.2, 0.25) is 0 Å². The van der Waals surface area contributed by atoms with Crippen LogP contribution in [0.5, 0.6) is 0 Å². The molecule has 0 fully saturated rings. The second kappa shape index (κ2) is 12.1. The average molecular weight is 736 g/mol. The van der Waals surface area contributed by atoms with Crippen molar-refractivity contribution in [3.8, 4) is 44.5 Å². The quantitative estimate of drug-likeness (QED) is 0.170. The van der Waals surface area contributed by atoms with Gasteiger partial charge in [0.25, 0.3) is 0 Å². The summed E-state index contributed by atoms with van der Waals surface area (Å²) in [6.07, 6.45) is 0. The van der Waals surface area contributed by atoms with Crippen LogP contribution < -0.4 is 4.90 Å². The predicted molar refractivity (Wildman–Crippen MR) is 240 cm³/mol. The molecule has 1 aromatic heterocycles. The zero-order valence-corrected chi connectivity index (χ0v) is 32.9. The first-order valence-electron chi connectivity index (χ1n) is 19.7. The summed E-state index contributed by atoms with van der Waals surface area (Å²) in [6.45, 7) is 9.47. The van der Waals surface area contributed by atoms with Gasteiger partial charge in [-0.3, -0.25) is 0 Å². The van der Waals surface area contributed by atoms with Gasteiger partial charge < -0.3 is 4.90 Å². The summed E-state index contributed by atoms with van der Waals surface area (Å²) >= 11 is 1.87. The first kappa shape index (κ1) is 33.1. The molecule has 0 bridgehead atoms. The number of thiophene rings is 1. The third-order valence-corrected chi connectivity index (χ3v) is 13.8. The second-order valence-corrected chi connectivity index (χ2v) is 17.6. The van der Waals surface area contributed by atoms with E-state index in [1.165, 1.54) is 92.6 Å². The number of fused-ring (bicyclic) bond motifs is 9. The Balaban J connectivity index is 1.17. The van der Waals surface area contributed by atoms with Crippen LogP contribution in [0.2, 0.25) is 0 Å². The molecule has 0 saturated carbocycles. The van der Waals surface area contributed by atoms with Gasteiger partial charge in [-0.2, -0.15) is 0 Å². The topological polar surface area (TPSA) is 3.24 Å². The summed E-state index contributed by atoms with van der Waals surface area (Å²) in [5.74, 6) is 0. The molecule has 1 heterocycles. The van der Waals surface area contributed by atoms with Crippen LogP contribution in [0.3, 0.4) is 0 Å². The Morgan fingerprint density at radius 3 is 1.70 bits per heavy atom. The van der Waals surface area contributed by atoms with Gasteiger partial charge in [-0.1, -0.05) is 161 Å². The third kappa shape index (κ3) is 4.72. The predicted octanol–water partition coefficient (Wildman–Crippen LogP) is 15.5. The Hall–Kier alpha value is -6.22. The molecule has 0 radical (unpaired) electrons. The number of rotatable bonds is 5. The van der Waals surface area contributed by atoms with E-state index in [0.29, 0.717) is 0 Å². The lowest BCUT2D eigenvalue weighted by molar-refractivity contribution is 0.660. The molecule has 1 nitrogen and oxygen atoms in total. The molecule has 2 heteroatoms. The van der Waals surface area contributed by atoms with Crippen LogP contribution in [0.15, 0.2) is 176 Å². The van der Waals surface area contributed by atoms with Crippen molar-refractivity contribution in [2.45, 2.75) is 38.5 Å². The Bertz CT molecular complexity index is 3050. The first-order chi connectivity index (χ1) is 27.3. The monoisotopic (exact) mass is 735 g/mol. The van der Waals surface area contributed by atoms with E-state index in [1.54, 1.807) is 0 Å². The van der Waals surface area contributed by atoms with Gasteiger partial charge in [-0.15, -0.1) is 11.3 Å². The van der Waals surface area contributed by atoms with Gasteiger partial charge in [0.1, 0.15) is 0 Å². The maximum absolute atomic E-state index is 2.53. The van der Waals surface area contributed by atoms with Crippen LogP contribution in [0.4, 0.5) is 17.1 Å². The number of anilines is 3. The van der Waals surface area contributed by atoms with Crippen LogP contribution in [0.25, 0.3) is 64.7 Å². The highest BCUT2D eigenvalue weighted by molar-refractivity contribution is 7.25. The van der Waals surface area contributed by atoms with E-state index in [0.717, 1.165) is 11.4 Å². The first-order valence-corrected chi connectivity index (χ1v) is 20.5. The number of nitrogens with zero attached hydrogens (tertiary/aromatic N) is 1. The lowest BCUT2D eigenvalue weighted by atomic mass is 9.82.